The lowest BCUT2D eigenvalue weighted by atomic mass is 10.1. The van der Waals surface area contributed by atoms with Gasteiger partial charge >= 0.3 is 6.18 Å². The van der Waals surface area contributed by atoms with Gasteiger partial charge < -0.3 is 20.3 Å². The van der Waals surface area contributed by atoms with E-state index in [0.717, 1.165) is 6.07 Å². The molecule has 3 N–H and O–H groups in total. The molecule has 0 aliphatic heterocycles. The van der Waals surface area contributed by atoms with Crippen molar-refractivity contribution in [1.82, 2.24) is 20.4 Å². The van der Waals surface area contributed by atoms with Gasteiger partial charge in [0.05, 0.1) is 18.2 Å². The van der Waals surface area contributed by atoms with Crippen molar-refractivity contribution >= 4 is 17.5 Å². The summed E-state index contributed by atoms with van der Waals surface area (Å²) in [7, 11) is 0. The molecule has 0 saturated heterocycles. The molecular weight excluding hydrogens is 467 g/mol. The van der Waals surface area contributed by atoms with Crippen molar-refractivity contribution in [1.29, 1.82) is 0 Å². The maximum absolute atomic E-state index is 13.1. The zero-order valence-corrected chi connectivity index (χ0v) is 18.6. The SMILES string of the molecule is Cc1ccc(NC(=O)c2cc([C@@H](C)NC(=O)c3cc(C#CCCO)ncn3)no2)cc1C(F)(F)F. The number of nitrogens with one attached hydrogen (secondary N) is 2. The van der Waals surface area contributed by atoms with Crippen LogP contribution in [0.4, 0.5) is 18.9 Å². The molecule has 1 aromatic carbocycles. The Bertz CT molecular complexity index is 1290. The summed E-state index contributed by atoms with van der Waals surface area (Å²) in [4.78, 5) is 32.8. The van der Waals surface area contributed by atoms with Crippen LogP contribution < -0.4 is 10.6 Å². The summed E-state index contributed by atoms with van der Waals surface area (Å²) >= 11 is 0. The Morgan fingerprint density at radius 1 is 1.17 bits per heavy atom. The molecule has 1 atom stereocenters. The van der Waals surface area contributed by atoms with Gasteiger partial charge in [-0.15, -0.1) is 0 Å². The van der Waals surface area contributed by atoms with Gasteiger partial charge in [0.2, 0.25) is 5.76 Å². The molecule has 2 heterocycles. The number of anilines is 1. The van der Waals surface area contributed by atoms with Crippen LogP contribution in [0.2, 0.25) is 0 Å². The minimum Gasteiger partial charge on any atom is -0.395 e. The molecule has 0 bridgehead atoms. The lowest BCUT2D eigenvalue weighted by Gasteiger charge is -2.12. The lowest BCUT2D eigenvalue weighted by molar-refractivity contribution is -0.138. The van der Waals surface area contributed by atoms with Crippen LogP contribution in [-0.4, -0.2) is 38.7 Å². The highest BCUT2D eigenvalue weighted by Gasteiger charge is 2.32. The van der Waals surface area contributed by atoms with Gasteiger partial charge in [0.25, 0.3) is 11.8 Å². The van der Waals surface area contributed by atoms with Gasteiger partial charge in [-0.2, -0.15) is 13.2 Å². The first-order chi connectivity index (χ1) is 16.6. The number of nitrogens with zero attached hydrogens (tertiary/aromatic N) is 3. The van der Waals surface area contributed by atoms with E-state index in [1.54, 1.807) is 6.92 Å². The number of aliphatic hydroxyl groups excluding tert-OH is 1. The number of halogens is 3. The van der Waals surface area contributed by atoms with Gasteiger partial charge in [-0.1, -0.05) is 17.1 Å². The van der Waals surface area contributed by atoms with E-state index in [-0.39, 0.29) is 41.4 Å². The summed E-state index contributed by atoms with van der Waals surface area (Å²) in [5.74, 6) is 3.78. The third-order valence-corrected chi connectivity index (χ3v) is 4.70. The Kier molecular flexibility index (Phi) is 7.83. The van der Waals surface area contributed by atoms with E-state index < -0.39 is 29.6 Å². The maximum Gasteiger partial charge on any atom is 0.416 e. The molecule has 0 saturated carbocycles. The topological polar surface area (TPSA) is 130 Å². The molecule has 0 unspecified atom stereocenters. The number of hydrogen-bond donors (Lipinski definition) is 3. The molecule has 12 heteroatoms. The number of carbonyl (C=O) groups is 2. The molecule has 0 spiro atoms. The number of hydrogen-bond acceptors (Lipinski definition) is 7. The summed E-state index contributed by atoms with van der Waals surface area (Å²) in [6, 6.07) is 5.38. The third-order valence-electron chi connectivity index (χ3n) is 4.70. The number of rotatable bonds is 6. The van der Waals surface area contributed by atoms with E-state index in [1.165, 1.54) is 37.5 Å². The second-order valence-electron chi connectivity index (χ2n) is 7.36. The van der Waals surface area contributed by atoms with Crippen LogP contribution in [0, 0.1) is 18.8 Å². The smallest absolute Gasteiger partial charge is 0.395 e. The molecule has 182 valence electrons. The highest BCUT2D eigenvalue weighted by molar-refractivity contribution is 6.02. The van der Waals surface area contributed by atoms with Crippen molar-refractivity contribution in [3.05, 3.63) is 70.6 Å². The maximum atomic E-state index is 13.1. The van der Waals surface area contributed by atoms with Crippen molar-refractivity contribution in [2.75, 3.05) is 11.9 Å². The van der Waals surface area contributed by atoms with Gasteiger partial charge in [0.15, 0.2) is 0 Å². The predicted octanol–water partition coefficient (Wildman–Crippen LogP) is 3.27. The summed E-state index contributed by atoms with van der Waals surface area (Å²) in [5, 5.41) is 17.5. The molecule has 2 aromatic heterocycles. The second-order valence-corrected chi connectivity index (χ2v) is 7.36. The number of aryl methyl sites for hydroxylation is 1. The highest BCUT2D eigenvalue weighted by atomic mass is 19.4. The number of benzene rings is 1. The number of aromatic nitrogens is 3. The molecule has 0 aliphatic carbocycles. The quantitative estimate of drug-likeness (QED) is 0.455. The van der Waals surface area contributed by atoms with Gasteiger partial charge in [-0.3, -0.25) is 9.59 Å². The van der Waals surface area contributed by atoms with Crippen LogP contribution in [0.3, 0.4) is 0 Å². The monoisotopic (exact) mass is 487 g/mol. The molecule has 3 rings (SSSR count). The van der Waals surface area contributed by atoms with Crippen LogP contribution in [0.15, 0.2) is 41.2 Å². The Labute approximate surface area is 197 Å². The van der Waals surface area contributed by atoms with Crippen molar-refractivity contribution in [3.63, 3.8) is 0 Å². The zero-order chi connectivity index (χ0) is 25.6. The van der Waals surface area contributed by atoms with E-state index in [4.69, 9.17) is 9.63 Å². The normalized spacial score (nSPS) is 11.8. The van der Waals surface area contributed by atoms with Gasteiger partial charge in [-0.25, -0.2) is 9.97 Å². The molecular formula is C23H20F3N5O4. The second kappa shape index (κ2) is 10.8. The van der Waals surface area contributed by atoms with Crippen molar-refractivity contribution in [2.45, 2.75) is 32.5 Å². The van der Waals surface area contributed by atoms with Crippen molar-refractivity contribution in [2.24, 2.45) is 0 Å². The van der Waals surface area contributed by atoms with Crippen molar-refractivity contribution < 1.29 is 32.4 Å². The van der Waals surface area contributed by atoms with E-state index in [2.05, 4.69) is 37.6 Å². The summed E-state index contributed by atoms with van der Waals surface area (Å²) in [6.45, 7) is 2.82. The van der Waals surface area contributed by atoms with Crippen LogP contribution in [-0.2, 0) is 6.18 Å². The van der Waals surface area contributed by atoms with Crippen LogP contribution in [0.1, 0.15) is 62.9 Å². The lowest BCUT2D eigenvalue weighted by Crippen LogP contribution is -2.27. The average Bonchev–Trinajstić information content (AvgIpc) is 3.31. The fourth-order valence-electron chi connectivity index (χ4n) is 2.90. The Morgan fingerprint density at radius 3 is 2.66 bits per heavy atom. The van der Waals surface area contributed by atoms with E-state index in [9.17, 15) is 22.8 Å². The molecule has 0 aliphatic rings. The number of carbonyl (C=O) groups excluding carboxylic acids is 2. The number of aliphatic hydroxyl groups is 1. The average molecular weight is 487 g/mol. The Hall–Kier alpha value is -4.24. The third kappa shape index (κ3) is 6.64. The first-order valence-corrected chi connectivity index (χ1v) is 10.3. The molecule has 2 amide bonds. The summed E-state index contributed by atoms with van der Waals surface area (Å²) in [6.07, 6.45) is -3.12. The van der Waals surface area contributed by atoms with Crippen LogP contribution in [0.5, 0.6) is 0 Å². The molecule has 0 fully saturated rings. The minimum atomic E-state index is -4.56. The fraction of sp³-hybridized carbons (Fsp3) is 0.261. The van der Waals surface area contributed by atoms with Crippen LogP contribution in [0.25, 0.3) is 0 Å². The summed E-state index contributed by atoms with van der Waals surface area (Å²) in [5.41, 5.74) is -0.348. The molecule has 9 nitrogen and oxygen atoms in total. The fourth-order valence-corrected chi connectivity index (χ4v) is 2.90. The molecule has 35 heavy (non-hydrogen) atoms. The van der Waals surface area contributed by atoms with Gasteiger partial charge in [0, 0.05) is 24.2 Å². The number of amides is 2. The first kappa shape index (κ1) is 25.4. The highest BCUT2D eigenvalue weighted by Crippen LogP contribution is 2.33. The van der Waals surface area contributed by atoms with Crippen LogP contribution >= 0.6 is 0 Å². The molecule has 3 aromatic rings. The predicted molar refractivity (Wildman–Crippen MR) is 117 cm³/mol. The van der Waals surface area contributed by atoms with Gasteiger partial charge in [0.1, 0.15) is 23.4 Å². The molecule has 0 radical (unpaired) electrons. The Morgan fingerprint density at radius 2 is 1.94 bits per heavy atom. The van der Waals surface area contributed by atoms with E-state index in [0.29, 0.717) is 5.69 Å². The van der Waals surface area contributed by atoms with Gasteiger partial charge in [-0.05, 0) is 37.5 Å². The minimum absolute atomic E-state index is 0.0232. The van der Waals surface area contributed by atoms with E-state index in [1.807, 2.05) is 0 Å². The zero-order valence-electron chi connectivity index (χ0n) is 18.6. The Balaban J connectivity index is 1.66. The van der Waals surface area contributed by atoms with Crippen molar-refractivity contribution in [3.8, 4) is 11.8 Å². The standard InChI is InChI=1S/C23H20F3N5O4/c1-13-6-7-16(9-17(13)23(24,25)26)30-22(34)20-11-18(31-35-20)14(2)29-21(33)19-10-15(27-12-28-19)5-3-4-8-32/h6-7,9-12,14,32H,4,8H2,1-2H3,(H,29,33)(H,30,34)/t14-/m1/s1. The first-order valence-electron chi connectivity index (χ1n) is 10.3. The van der Waals surface area contributed by atoms with E-state index >= 15 is 0 Å². The summed E-state index contributed by atoms with van der Waals surface area (Å²) < 4.78 is 44.3. The largest absolute Gasteiger partial charge is 0.416 e. The number of alkyl halides is 3.